The average molecular weight is 335 g/mol. The molecule has 7 nitrogen and oxygen atoms in total. The molecule has 1 unspecified atom stereocenters. The summed E-state index contributed by atoms with van der Waals surface area (Å²) >= 11 is 0. The molecule has 1 atom stereocenters. The average Bonchev–Trinajstić information content (AvgIpc) is 3.07. The normalized spacial score (nSPS) is 23.8. The summed E-state index contributed by atoms with van der Waals surface area (Å²) in [6.45, 7) is 10.2. The van der Waals surface area contributed by atoms with Crippen LogP contribution in [-0.4, -0.2) is 83.6 Å². The molecular formula is C17H29N5O2. The number of amides is 1. The third kappa shape index (κ3) is 4.13. The lowest BCUT2D eigenvalue weighted by Gasteiger charge is -2.35. The van der Waals surface area contributed by atoms with Gasteiger partial charge in [-0.3, -0.25) is 9.69 Å². The third-order valence-electron chi connectivity index (χ3n) is 5.05. The van der Waals surface area contributed by atoms with Gasteiger partial charge in [0.2, 0.25) is 11.8 Å². The van der Waals surface area contributed by atoms with E-state index in [1.807, 2.05) is 18.7 Å². The van der Waals surface area contributed by atoms with Crippen molar-refractivity contribution in [1.82, 2.24) is 24.8 Å². The van der Waals surface area contributed by atoms with E-state index in [-0.39, 0.29) is 17.7 Å². The Balaban J connectivity index is 1.55. The molecule has 24 heavy (non-hydrogen) atoms. The molecule has 0 saturated carbocycles. The summed E-state index contributed by atoms with van der Waals surface area (Å²) in [5, 5.41) is 4.14. The van der Waals surface area contributed by atoms with Crippen LogP contribution in [0.4, 0.5) is 0 Å². The van der Waals surface area contributed by atoms with Crippen LogP contribution in [0.5, 0.6) is 0 Å². The number of hydrogen-bond donors (Lipinski definition) is 0. The number of piperidine rings is 1. The van der Waals surface area contributed by atoms with Crippen LogP contribution in [0.25, 0.3) is 0 Å². The number of rotatable bonds is 4. The number of likely N-dealkylation sites (tertiary alicyclic amines) is 1. The zero-order valence-corrected chi connectivity index (χ0v) is 15.1. The number of carbonyl (C=O) groups is 1. The summed E-state index contributed by atoms with van der Waals surface area (Å²) in [5.41, 5.74) is 0. The summed E-state index contributed by atoms with van der Waals surface area (Å²) in [7, 11) is 2.13. The van der Waals surface area contributed by atoms with Gasteiger partial charge in [0.05, 0.1) is 6.54 Å². The lowest BCUT2D eigenvalue weighted by molar-refractivity contribution is -0.134. The zero-order chi connectivity index (χ0) is 17.1. The molecule has 0 radical (unpaired) electrons. The molecular weight excluding hydrogens is 306 g/mol. The minimum atomic E-state index is 0.200. The monoisotopic (exact) mass is 335 g/mol. The Morgan fingerprint density at radius 3 is 2.67 bits per heavy atom. The van der Waals surface area contributed by atoms with E-state index in [2.05, 4.69) is 27.0 Å². The van der Waals surface area contributed by atoms with Crippen LogP contribution in [0.1, 0.15) is 50.2 Å². The molecule has 0 bridgehead atoms. The Kier molecular flexibility index (Phi) is 5.50. The zero-order valence-electron chi connectivity index (χ0n) is 15.1. The van der Waals surface area contributed by atoms with Gasteiger partial charge in [0.15, 0.2) is 5.82 Å². The standard InChI is InChI=1S/C17H29N5O2/c1-13(2)17-18-16(19-24-17)14-5-4-6-22(11-14)15(23)12-21-9-7-20(3)8-10-21/h13-14H,4-12H2,1-3H3. The second-order valence-corrected chi connectivity index (χ2v) is 7.40. The second-order valence-electron chi connectivity index (χ2n) is 7.40. The van der Waals surface area contributed by atoms with Crippen molar-refractivity contribution in [2.45, 2.75) is 38.5 Å². The van der Waals surface area contributed by atoms with E-state index < -0.39 is 0 Å². The van der Waals surface area contributed by atoms with Gasteiger partial charge in [0.1, 0.15) is 0 Å². The van der Waals surface area contributed by atoms with Crippen LogP contribution in [0.3, 0.4) is 0 Å². The minimum absolute atomic E-state index is 0.200. The van der Waals surface area contributed by atoms with Gasteiger partial charge in [-0.25, -0.2) is 0 Å². The van der Waals surface area contributed by atoms with E-state index in [4.69, 9.17) is 4.52 Å². The SMILES string of the molecule is CC(C)c1nc(C2CCCN(C(=O)CN3CCN(C)CC3)C2)no1. The van der Waals surface area contributed by atoms with E-state index >= 15 is 0 Å². The smallest absolute Gasteiger partial charge is 0.236 e. The Hall–Kier alpha value is -1.47. The maximum Gasteiger partial charge on any atom is 0.236 e. The number of aromatic nitrogens is 2. The first kappa shape index (κ1) is 17.4. The summed E-state index contributed by atoms with van der Waals surface area (Å²) in [4.78, 5) is 23.7. The fourth-order valence-corrected chi connectivity index (χ4v) is 3.36. The van der Waals surface area contributed by atoms with Crippen LogP contribution in [0, 0.1) is 0 Å². The molecule has 3 rings (SSSR count). The maximum absolute atomic E-state index is 12.6. The van der Waals surface area contributed by atoms with Crippen molar-refractivity contribution in [2.24, 2.45) is 0 Å². The predicted molar refractivity (Wildman–Crippen MR) is 90.9 cm³/mol. The van der Waals surface area contributed by atoms with Crippen molar-refractivity contribution in [3.8, 4) is 0 Å². The van der Waals surface area contributed by atoms with E-state index in [1.54, 1.807) is 0 Å². The third-order valence-corrected chi connectivity index (χ3v) is 5.05. The topological polar surface area (TPSA) is 65.7 Å². The number of piperazine rings is 1. The number of nitrogens with zero attached hydrogens (tertiary/aromatic N) is 5. The fourth-order valence-electron chi connectivity index (χ4n) is 3.36. The first-order valence-corrected chi connectivity index (χ1v) is 9.05. The highest BCUT2D eigenvalue weighted by molar-refractivity contribution is 5.78. The van der Waals surface area contributed by atoms with Crippen molar-refractivity contribution in [2.75, 3.05) is 52.9 Å². The first-order valence-electron chi connectivity index (χ1n) is 9.05. The van der Waals surface area contributed by atoms with Gasteiger partial charge in [-0.2, -0.15) is 4.98 Å². The van der Waals surface area contributed by atoms with Gasteiger partial charge in [0, 0.05) is 51.1 Å². The van der Waals surface area contributed by atoms with Crippen LogP contribution in [-0.2, 0) is 4.79 Å². The van der Waals surface area contributed by atoms with Crippen LogP contribution < -0.4 is 0 Å². The maximum atomic E-state index is 12.6. The van der Waals surface area contributed by atoms with E-state index in [9.17, 15) is 4.79 Å². The molecule has 134 valence electrons. The van der Waals surface area contributed by atoms with Gasteiger partial charge in [-0.1, -0.05) is 19.0 Å². The Morgan fingerprint density at radius 1 is 1.25 bits per heavy atom. The molecule has 2 aliphatic rings. The molecule has 2 saturated heterocycles. The Labute approximate surface area is 144 Å². The fraction of sp³-hybridized carbons (Fsp3) is 0.824. The first-order chi connectivity index (χ1) is 11.5. The number of hydrogen-bond acceptors (Lipinski definition) is 6. The second kappa shape index (κ2) is 7.61. The molecule has 1 aromatic heterocycles. The Bertz CT molecular complexity index is 551. The quantitative estimate of drug-likeness (QED) is 0.822. The molecule has 0 N–H and O–H groups in total. The highest BCUT2D eigenvalue weighted by atomic mass is 16.5. The number of carbonyl (C=O) groups excluding carboxylic acids is 1. The van der Waals surface area contributed by atoms with Gasteiger partial charge in [-0.05, 0) is 19.9 Å². The summed E-state index contributed by atoms with van der Waals surface area (Å²) < 4.78 is 5.33. The molecule has 2 fully saturated rings. The summed E-state index contributed by atoms with van der Waals surface area (Å²) in [6, 6.07) is 0. The van der Waals surface area contributed by atoms with Gasteiger partial charge in [-0.15, -0.1) is 0 Å². The van der Waals surface area contributed by atoms with Gasteiger partial charge < -0.3 is 14.3 Å². The highest BCUT2D eigenvalue weighted by Crippen LogP contribution is 2.26. The molecule has 7 heteroatoms. The summed E-state index contributed by atoms with van der Waals surface area (Å²) in [6.07, 6.45) is 2.03. The molecule has 0 aliphatic carbocycles. The molecule has 3 heterocycles. The lowest BCUT2D eigenvalue weighted by Crippen LogP contribution is -2.50. The highest BCUT2D eigenvalue weighted by Gasteiger charge is 2.29. The van der Waals surface area contributed by atoms with Crippen LogP contribution in [0.2, 0.25) is 0 Å². The molecule has 0 spiro atoms. The van der Waals surface area contributed by atoms with E-state index in [1.165, 1.54) is 0 Å². The van der Waals surface area contributed by atoms with Crippen molar-refractivity contribution in [3.05, 3.63) is 11.7 Å². The molecule has 1 amide bonds. The minimum Gasteiger partial charge on any atom is -0.341 e. The molecule has 2 aliphatic heterocycles. The van der Waals surface area contributed by atoms with Gasteiger partial charge >= 0.3 is 0 Å². The summed E-state index contributed by atoms with van der Waals surface area (Å²) in [5.74, 6) is 2.12. The largest absolute Gasteiger partial charge is 0.341 e. The van der Waals surface area contributed by atoms with Crippen molar-refractivity contribution < 1.29 is 9.32 Å². The van der Waals surface area contributed by atoms with E-state index in [0.717, 1.165) is 51.4 Å². The number of likely N-dealkylation sites (N-methyl/N-ethyl adjacent to an activating group) is 1. The van der Waals surface area contributed by atoms with Crippen molar-refractivity contribution in [3.63, 3.8) is 0 Å². The van der Waals surface area contributed by atoms with Gasteiger partial charge in [0.25, 0.3) is 0 Å². The molecule has 1 aromatic rings. The predicted octanol–water partition coefficient (Wildman–Crippen LogP) is 1.15. The Morgan fingerprint density at radius 2 is 2.00 bits per heavy atom. The lowest BCUT2D eigenvalue weighted by atomic mass is 9.97. The van der Waals surface area contributed by atoms with Crippen molar-refractivity contribution >= 4 is 5.91 Å². The van der Waals surface area contributed by atoms with Crippen molar-refractivity contribution in [1.29, 1.82) is 0 Å². The molecule has 0 aromatic carbocycles. The van der Waals surface area contributed by atoms with E-state index in [0.29, 0.717) is 19.0 Å². The van der Waals surface area contributed by atoms with Crippen LogP contribution >= 0.6 is 0 Å². The van der Waals surface area contributed by atoms with Crippen LogP contribution in [0.15, 0.2) is 4.52 Å².